The van der Waals surface area contributed by atoms with Crippen molar-refractivity contribution in [3.05, 3.63) is 41.9 Å². The number of aromatic nitrogens is 1. The van der Waals surface area contributed by atoms with Gasteiger partial charge >= 0.3 is 0 Å². The highest BCUT2D eigenvalue weighted by molar-refractivity contribution is 7.17. The lowest BCUT2D eigenvalue weighted by Crippen LogP contribution is -1.82. The number of fused-ring (bicyclic) bond motifs is 1. The van der Waals surface area contributed by atoms with Gasteiger partial charge in [0.1, 0.15) is 0 Å². The Morgan fingerprint density at radius 1 is 1.54 bits per heavy atom. The molecule has 0 unspecified atom stereocenters. The summed E-state index contributed by atoms with van der Waals surface area (Å²) < 4.78 is 3.45. The lowest BCUT2D eigenvalue weighted by atomic mass is 10.3. The van der Waals surface area contributed by atoms with Gasteiger partial charge in [0.05, 0.1) is 10.2 Å². The third-order valence-corrected chi connectivity index (χ3v) is 2.87. The highest BCUT2D eigenvalue weighted by Crippen LogP contribution is 2.22. The molecule has 2 aromatic heterocycles. The van der Waals surface area contributed by atoms with Crippen LogP contribution in [0.5, 0.6) is 0 Å². The molecule has 0 atom stereocenters. The summed E-state index contributed by atoms with van der Waals surface area (Å²) >= 11 is 1.77. The van der Waals surface area contributed by atoms with E-state index in [0.29, 0.717) is 0 Å². The predicted molar refractivity (Wildman–Crippen MR) is 60.0 cm³/mol. The number of hydrogen-bond donors (Lipinski definition) is 0. The Morgan fingerprint density at radius 3 is 3.15 bits per heavy atom. The normalized spacial score (nSPS) is 12.2. The highest BCUT2D eigenvalue weighted by atomic mass is 32.1. The third-order valence-electron chi connectivity index (χ3n) is 2.00. The van der Waals surface area contributed by atoms with Crippen molar-refractivity contribution in [2.75, 3.05) is 0 Å². The fourth-order valence-corrected chi connectivity index (χ4v) is 2.04. The molecule has 2 heteroatoms. The molecular weight excluding hydrogens is 178 g/mol. The molecule has 2 aromatic rings. The van der Waals surface area contributed by atoms with Crippen LogP contribution in [0.15, 0.2) is 41.9 Å². The van der Waals surface area contributed by atoms with E-state index in [4.69, 9.17) is 0 Å². The van der Waals surface area contributed by atoms with E-state index in [9.17, 15) is 0 Å². The van der Waals surface area contributed by atoms with E-state index in [1.54, 1.807) is 11.3 Å². The third kappa shape index (κ3) is 1.45. The molecule has 0 amide bonds. The van der Waals surface area contributed by atoms with Crippen molar-refractivity contribution in [2.45, 2.75) is 6.92 Å². The van der Waals surface area contributed by atoms with Gasteiger partial charge in [0.15, 0.2) is 0 Å². The Balaban J connectivity index is 2.55. The van der Waals surface area contributed by atoms with Crippen molar-refractivity contribution in [3.63, 3.8) is 0 Å². The van der Waals surface area contributed by atoms with Gasteiger partial charge in [-0.2, -0.15) is 0 Å². The zero-order chi connectivity index (χ0) is 9.26. The summed E-state index contributed by atoms with van der Waals surface area (Å²) in [5, 5.41) is 2.11. The number of hydrogen-bond acceptors (Lipinski definition) is 1. The van der Waals surface area contributed by atoms with Crippen molar-refractivity contribution < 1.29 is 0 Å². The van der Waals surface area contributed by atoms with E-state index in [1.165, 1.54) is 15.8 Å². The van der Waals surface area contributed by atoms with E-state index in [0.717, 1.165) is 0 Å². The second-order valence-corrected chi connectivity index (χ2v) is 3.92. The molecule has 0 aliphatic rings. The van der Waals surface area contributed by atoms with Crippen LogP contribution in [0.2, 0.25) is 0 Å². The topological polar surface area (TPSA) is 4.93 Å². The van der Waals surface area contributed by atoms with Crippen LogP contribution in [-0.4, -0.2) is 4.57 Å². The molecule has 13 heavy (non-hydrogen) atoms. The summed E-state index contributed by atoms with van der Waals surface area (Å²) in [6, 6.07) is 4.26. The van der Waals surface area contributed by atoms with Gasteiger partial charge in [-0.1, -0.05) is 12.7 Å². The van der Waals surface area contributed by atoms with Gasteiger partial charge in [-0.15, -0.1) is 11.3 Å². The van der Waals surface area contributed by atoms with Crippen LogP contribution in [0.1, 0.15) is 6.92 Å². The first-order valence-electron chi connectivity index (χ1n) is 4.16. The van der Waals surface area contributed by atoms with Crippen LogP contribution >= 0.6 is 11.3 Å². The molecule has 0 bridgehead atoms. The lowest BCUT2D eigenvalue weighted by Gasteiger charge is -1.96. The van der Waals surface area contributed by atoms with Crippen LogP contribution < -0.4 is 0 Å². The van der Waals surface area contributed by atoms with E-state index in [1.807, 2.05) is 13.0 Å². The molecular formula is C11H11NS. The minimum Gasteiger partial charge on any atom is -0.322 e. The summed E-state index contributed by atoms with van der Waals surface area (Å²) in [5.41, 5.74) is 2.44. The molecule has 0 spiro atoms. The maximum absolute atomic E-state index is 3.73. The molecule has 0 aromatic carbocycles. The number of rotatable bonds is 2. The van der Waals surface area contributed by atoms with Crippen molar-refractivity contribution in [2.24, 2.45) is 0 Å². The smallest absolute Gasteiger partial charge is 0.0630 e. The van der Waals surface area contributed by atoms with Crippen molar-refractivity contribution in [3.8, 4) is 0 Å². The van der Waals surface area contributed by atoms with Gasteiger partial charge < -0.3 is 4.57 Å². The van der Waals surface area contributed by atoms with Crippen molar-refractivity contribution >= 4 is 27.8 Å². The SMILES string of the molecule is C=CC(C)=Cn1ccc2sccc21. The zero-order valence-corrected chi connectivity index (χ0v) is 8.34. The molecule has 66 valence electrons. The number of nitrogens with zero attached hydrogens (tertiary/aromatic N) is 1. The van der Waals surface area contributed by atoms with Crippen LogP contribution in [-0.2, 0) is 0 Å². The maximum Gasteiger partial charge on any atom is 0.0630 e. The fraction of sp³-hybridized carbons (Fsp3) is 0.0909. The molecule has 2 heterocycles. The van der Waals surface area contributed by atoms with Gasteiger partial charge in [-0.25, -0.2) is 0 Å². The summed E-state index contributed by atoms with van der Waals surface area (Å²) in [4.78, 5) is 0. The summed E-state index contributed by atoms with van der Waals surface area (Å²) in [6.45, 7) is 5.78. The monoisotopic (exact) mass is 189 g/mol. The summed E-state index contributed by atoms with van der Waals surface area (Å²) in [7, 11) is 0. The van der Waals surface area contributed by atoms with Crippen molar-refractivity contribution in [1.29, 1.82) is 0 Å². The quantitative estimate of drug-likeness (QED) is 0.634. The molecule has 1 nitrogen and oxygen atoms in total. The molecule has 2 rings (SSSR count). The molecule has 0 radical (unpaired) electrons. The Labute approximate surface area is 81.6 Å². The summed E-state index contributed by atoms with van der Waals surface area (Å²) in [5.74, 6) is 0. The van der Waals surface area contributed by atoms with Gasteiger partial charge in [0, 0.05) is 12.4 Å². The first-order chi connectivity index (χ1) is 6.31. The van der Waals surface area contributed by atoms with Crippen LogP contribution in [0.4, 0.5) is 0 Å². The van der Waals surface area contributed by atoms with Crippen LogP contribution in [0.25, 0.3) is 16.4 Å². The summed E-state index contributed by atoms with van der Waals surface area (Å²) in [6.07, 6.45) is 6.02. The average Bonchev–Trinajstić information content (AvgIpc) is 2.69. The Hall–Kier alpha value is -1.28. The second kappa shape index (κ2) is 3.23. The lowest BCUT2D eigenvalue weighted by molar-refractivity contribution is 1.21. The molecule has 0 aliphatic carbocycles. The number of thiophene rings is 1. The minimum atomic E-state index is 1.17. The molecule has 0 saturated carbocycles. The standard InChI is InChI=1S/C11H11NS/c1-3-9(2)8-12-6-4-11-10(12)5-7-13-11/h3-8H,1H2,2H3. The first kappa shape index (κ1) is 8.32. The van der Waals surface area contributed by atoms with E-state index < -0.39 is 0 Å². The predicted octanol–water partition coefficient (Wildman–Crippen LogP) is 3.75. The Morgan fingerprint density at radius 2 is 2.38 bits per heavy atom. The van der Waals surface area contributed by atoms with E-state index >= 15 is 0 Å². The second-order valence-electron chi connectivity index (χ2n) is 2.97. The van der Waals surface area contributed by atoms with Gasteiger partial charge in [-0.05, 0) is 30.0 Å². The molecule has 0 aliphatic heterocycles. The molecule has 0 N–H and O–H groups in total. The van der Waals surface area contributed by atoms with Gasteiger partial charge in [0.2, 0.25) is 0 Å². The highest BCUT2D eigenvalue weighted by Gasteiger charge is 1.98. The maximum atomic E-state index is 3.73. The average molecular weight is 189 g/mol. The van der Waals surface area contributed by atoms with Crippen LogP contribution in [0, 0.1) is 0 Å². The van der Waals surface area contributed by atoms with Gasteiger partial charge in [-0.3, -0.25) is 0 Å². The van der Waals surface area contributed by atoms with Crippen molar-refractivity contribution in [1.82, 2.24) is 4.57 Å². The fourth-order valence-electron chi connectivity index (χ4n) is 1.27. The van der Waals surface area contributed by atoms with E-state index in [2.05, 4.69) is 41.1 Å². The molecule has 0 saturated heterocycles. The minimum absolute atomic E-state index is 1.17. The zero-order valence-electron chi connectivity index (χ0n) is 7.53. The van der Waals surface area contributed by atoms with Gasteiger partial charge in [0.25, 0.3) is 0 Å². The number of allylic oxidation sites excluding steroid dienone is 2. The first-order valence-corrected chi connectivity index (χ1v) is 5.04. The van der Waals surface area contributed by atoms with E-state index in [-0.39, 0.29) is 0 Å². The molecule has 0 fully saturated rings. The Kier molecular flexibility index (Phi) is 2.07. The largest absolute Gasteiger partial charge is 0.322 e. The Bertz CT molecular complexity index is 459. The van der Waals surface area contributed by atoms with Crippen LogP contribution in [0.3, 0.4) is 0 Å².